The third-order valence-electron chi connectivity index (χ3n) is 4.31. The molecule has 1 aromatic heterocycles. The number of benzene rings is 1. The van der Waals surface area contributed by atoms with E-state index in [1.54, 1.807) is 12.1 Å². The quantitative estimate of drug-likeness (QED) is 0.693. The Morgan fingerprint density at radius 1 is 1.28 bits per heavy atom. The number of sulfone groups is 1. The molecule has 7 nitrogen and oxygen atoms in total. The van der Waals surface area contributed by atoms with Crippen LogP contribution in [0.4, 0.5) is 0 Å². The van der Waals surface area contributed by atoms with Crippen LogP contribution in [0.5, 0.6) is 0 Å². The molecule has 8 heteroatoms. The van der Waals surface area contributed by atoms with Crippen LogP contribution in [0.15, 0.2) is 27.7 Å². The van der Waals surface area contributed by atoms with Gasteiger partial charge >= 0.3 is 0 Å². The van der Waals surface area contributed by atoms with Crippen molar-refractivity contribution in [1.29, 1.82) is 0 Å². The van der Waals surface area contributed by atoms with Gasteiger partial charge in [0.25, 0.3) is 0 Å². The average molecular weight is 367 g/mol. The number of aromatic nitrogens is 2. The van der Waals surface area contributed by atoms with Gasteiger partial charge in [0, 0.05) is 13.0 Å². The molecule has 0 bridgehead atoms. The van der Waals surface area contributed by atoms with Crippen molar-refractivity contribution >= 4 is 26.8 Å². The Hall–Kier alpha value is -1.96. The molecule has 2 rings (SSSR count). The average Bonchev–Trinajstić information content (AvgIpc) is 3.08. The third-order valence-corrected chi connectivity index (χ3v) is 6.05. The molecule has 0 fully saturated rings. The minimum absolute atomic E-state index is 0.0495. The molecule has 1 amide bonds. The van der Waals surface area contributed by atoms with Gasteiger partial charge in [-0.3, -0.25) is 4.79 Å². The molecule has 0 radical (unpaired) electrons. The van der Waals surface area contributed by atoms with E-state index in [2.05, 4.69) is 34.1 Å². The molecule has 1 atom stereocenters. The lowest BCUT2D eigenvalue weighted by Crippen LogP contribution is -2.30. The second-order valence-electron chi connectivity index (χ2n) is 6.18. The van der Waals surface area contributed by atoms with Crippen molar-refractivity contribution in [3.8, 4) is 0 Å². The predicted molar refractivity (Wildman–Crippen MR) is 94.8 cm³/mol. The van der Waals surface area contributed by atoms with Crippen LogP contribution in [0.3, 0.4) is 0 Å². The zero-order chi connectivity index (χ0) is 18.3. The van der Waals surface area contributed by atoms with Gasteiger partial charge in [0.2, 0.25) is 5.91 Å². The molecule has 25 heavy (non-hydrogen) atoms. The maximum atomic E-state index is 12.5. The van der Waals surface area contributed by atoms with Gasteiger partial charge in [-0.15, -0.1) is 0 Å². The fraction of sp³-hybridized carbons (Fsp3) is 0.588. The summed E-state index contributed by atoms with van der Waals surface area (Å²) in [6, 6.07) is 4.66. The Balaban J connectivity index is 1.91. The highest BCUT2D eigenvalue weighted by molar-refractivity contribution is 7.91. The summed E-state index contributed by atoms with van der Waals surface area (Å²) in [6.07, 6.45) is 4.27. The molecule has 0 aliphatic heterocycles. The lowest BCUT2D eigenvalue weighted by molar-refractivity contribution is -0.120. The van der Waals surface area contributed by atoms with E-state index >= 15 is 0 Å². The van der Waals surface area contributed by atoms with Crippen molar-refractivity contribution in [2.75, 3.05) is 12.3 Å². The fourth-order valence-corrected chi connectivity index (χ4v) is 4.06. The van der Waals surface area contributed by atoms with Crippen LogP contribution in [0, 0.1) is 5.92 Å². The maximum absolute atomic E-state index is 12.5. The number of nitrogens with one attached hydrogen (secondary N) is 1. The minimum Gasteiger partial charge on any atom is -0.356 e. The Kier molecular flexibility index (Phi) is 6.92. The zero-order valence-corrected chi connectivity index (χ0v) is 15.5. The maximum Gasteiger partial charge on any atom is 0.221 e. The Labute approximate surface area is 148 Å². The van der Waals surface area contributed by atoms with Crippen molar-refractivity contribution in [2.24, 2.45) is 5.92 Å². The Morgan fingerprint density at radius 3 is 2.80 bits per heavy atom. The van der Waals surface area contributed by atoms with Crippen LogP contribution >= 0.6 is 0 Å². The third kappa shape index (κ3) is 5.26. The first-order chi connectivity index (χ1) is 12.0. The Bertz CT molecular complexity index is 801. The monoisotopic (exact) mass is 367 g/mol. The number of hydrogen-bond acceptors (Lipinski definition) is 6. The van der Waals surface area contributed by atoms with E-state index in [1.165, 1.54) is 6.07 Å². The molecule has 0 aliphatic carbocycles. The first-order valence-corrected chi connectivity index (χ1v) is 10.3. The standard InChI is InChI=1S/C17H25N3O4S/c1-3-5-7-13(4-2)12-18-16(21)10-11-25(22,23)15-9-6-8-14-17(15)20-24-19-14/h6,8-9,13H,3-5,7,10-12H2,1-2H3,(H,18,21)/t13-/m0/s1. The number of carbonyl (C=O) groups is 1. The number of hydrogen-bond donors (Lipinski definition) is 1. The number of amides is 1. The first-order valence-electron chi connectivity index (χ1n) is 8.68. The van der Waals surface area contributed by atoms with E-state index in [4.69, 9.17) is 0 Å². The molecule has 138 valence electrons. The molecule has 0 saturated heterocycles. The van der Waals surface area contributed by atoms with Gasteiger partial charge in [0.1, 0.15) is 5.52 Å². The smallest absolute Gasteiger partial charge is 0.221 e. The van der Waals surface area contributed by atoms with Crippen LogP contribution in [-0.2, 0) is 14.6 Å². The van der Waals surface area contributed by atoms with E-state index < -0.39 is 9.84 Å². The van der Waals surface area contributed by atoms with Crippen molar-refractivity contribution in [3.63, 3.8) is 0 Å². The highest BCUT2D eigenvalue weighted by Crippen LogP contribution is 2.21. The molecule has 0 saturated carbocycles. The fourth-order valence-electron chi connectivity index (χ4n) is 2.66. The molecule has 1 aromatic carbocycles. The Morgan fingerprint density at radius 2 is 2.08 bits per heavy atom. The highest BCUT2D eigenvalue weighted by atomic mass is 32.2. The van der Waals surface area contributed by atoms with Gasteiger partial charge in [-0.1, -0.05) is 39.2 Å². The van der Waals surface area contributed by atoms with Crippen molar-refractivity contribution in [1.82, 2.24) is 15.6 Å². The SMILES string of the molecule is CCCC[C@H](CC)CNC(=O)CCS(=O)(=O)c1cccc2nonc12. The summed E-state index contributed by atoms with van der Waals surface area (Å²) in [4.78, 5) is 12.1. The van der Waals surface area contributed by atoms with E-state index in [0.717, 1.165) is 25.7 Å². The largest absolute Gasteiger partial charge is 0.356 e. The van der Waals surface area contributed by atoms with E-state index in [9.17, 15) is 13.2 Å². The van der Waals surface area contributed by atoms with Gasteiger partial charge in [-0.25, -0.2) is 13.0 Å². The number of unbranched alkanes of at least 4 members (excludes halogenated alkanes) is 1. The van der Waals surface area contributed by atoms with Gasteiger partial charge in [0.15, 0.2) is 15.4 Å². The molecule has 1 N–H and O–H groups in total. The summed E-state index contributed by atoms with van der Waals surface area (Å²) in [5.74, 6) is -0.0734. The van der Waals surface area contributed by atoms with E-state index in [-0.39, 0.29) is 28.5 Å². The summed E-state index contributed by atoms with van der Waals surface area (Å²) in [6.45, 7) is 4.84. The molecular formula is C17H25N3O4S. The summed E-state index contributed by atoms with van der Waals surface area (Å²) in [5, 5.41) is 10.1. The van der Waals surface area contributed by atoms with E-state index in [1.807, 2.05) is 0 Å². The van der Waals surface area contributed by atoms with Crippen molar-refractivity contribution in [3.05, 3.63) is 18.2 Å². The number of fused-ring (bicyclic) bond motifs is 1. The number of carbonyl (C=O) groups excluding carboxylic acids is 1. The van der Waals surface area contributed by atoms with Crippen molar-refractivity contribution in [2.45, 2.75) is 50.8 Å². The molecule has 2 aromatic rings. The lowest BCUT2D eigenvalue weighted by Gasteiger charge is -2.15. The van der Waals surface area contributed by atoms with Crippen LogP contribution in [0.2, 0.25) is 0 Å². The van der Waals surface area contributed by atoms with Crippen LogP contribution in [0.25, 0.3) is 11.0 Å². The van der Waals surface area contributed by atoms with Crippen LogP contribution < -0.4 is 5.32 Å². The molecule has 0 spiro atoms. The topological polar surface area (TPSA) is 102 Å². The molecule has 0 unspecified atom stereocenters. The van der Waals surface area contributed by atoms with Gasteiger partial charge in [0.05, 0.1) is 10.6 Å². The van der Waals surface area contributed by atoms with Gasteiger partial charge in [-0.2, -0.15) is 0 Å². The van der Waals surface area contributed by atoms with Crippen LogP contribution in [0.1, 0.15) is 46.0 Å². The normalized spacial score (nSPS) is 13.0. The molecule has 0 aliphatic rings. The van der Waals surface area contributed by atoms with Gasteiger partial charge in [-0.05, 0) is 34.8 Å². The summed E-state index contributed by atoms with van der Waals surface area (Å²) >= 11 is 0. The molecular weight excluding hydrogens is 342 g/mol. The second kappa shape index (κ2) is 8.94. The van der Waals surface area contributed by atoms with Gasteiger partial charge < -0.3 is 5.32 Å². The van der Waals surface area contributed by atoms with Crippen LogP contribution in [-0.4, -0.2) is 36.9 Å². The predicted octanol–water partition coefficient (Wildman–Crippen LogP) is 2.72. The second-order valence-corrected chi connectivity index (χ2v) is 8.26. The highest BCUT2D eigenvalue weighted by Gasteiger charge is 2.21. The summed E-state index contributed by atoms with van der Waals surface area (Å²) in [7, 11) is -3.63. The zero-order valence-electron chi connectivity index (χ0n) is 14.7. The first kappa shape index (κ1) is 19.4. The number of rotatable bonds is 10. The lowest BCUT2D eigenvalue weighted by atomic mass is 9.99. The van der Waals surface area contributed by atoms with E-state index in [0.29, 0.717) is 18.0 Å². The minimum atomic E-state index is -3.63. The summed E-state index contributed by atoms with van der Waals surface area (Å²) < 4.78 is 29.6. The van der Waals surface area contributed by atoms with Crippen molar-refractivity contribution < 1.29 is 17.8 Å². The molecule has 1 heterocycles. The summed E-state index contributed by atoms with van der Waals surface area (Å²) in [5.41, 5.74) is 0.584. The number of nitrogens with zero attached hydrogens (tertiary/aromatic N) is 2.